The van der Waals surface area contributed by atoms with Crippen molar-refractivity contribution in [2.24, 2.45) is 0 Å². The Labute approximate surface area is 142 Å². The number of rotatable bonds is 3. The highest BCUT2D eigenvalue weighted by molar-refractivity contribution is 5.78. The maximum absolute atomic E-state index is 10.9. The average Bonchev–Trinajstić information content (AvgIpc) is 2.61. The third-order valence-electron chi connectivity index (χ3n) is 4.53. The van der Waals surface area contributed by atoms with Crippen molar-refractivity contribution in [2.75, 3.05) is 18.0 Å². The van der Waals surface area contributed by atoms with Crippen LogP contribution in [0.1, 0.15) is 48.0 Å². The average molecular weight is 319 g/mol. The zero-order chi connectivity index (χ0) is 16.8. The van der Waals surface area contributed by atoms with Gasteiger partial charge < -0.3 is 4.90 Å². The van der Waals surface area contributed by atoms with Crippen molar-refractivity contribution in [3.63, 3.8) is 0 Å². The predicted molar refractivity (Wildman–Crippen MR) is 95.1 cm³/mol. The van der Waals surface area contributed by atoms with Crippen LogP contribution < -0.4 is 4.90 Å². The number of carbonyl (C=O) groups excluding carboxylic acids is 1. The second kappa shape index (κ2) is 7.74. The van der Waals surface area contributed by atoms with E-state index in [1.54, 1.807) is 18.3 Å². The van der Waals surface area contributed by atoms with Crippen molar-refractivity contribution < 1.29 is 4.79 Å². The monoisotopic (exact) mass is 319 g/mol. The molecule has 122 valence electrons. The minimum absolute atomic E-state index is 0.589. The second-order valence-corrected chi connectivity index (χ2v) is 6.19. The zero-order valence-corrected chi connectivity index (χ0v) is 13.7. The van der Waals surface area contributed by atoms with Crippen molar-refractivity contribution in [2.45, 2.75) is 32.1 Å². The molecule has 3 rings (SSSR count). The molecule has 2 aromatic rings. The molecule has 1 aliphatic rings. The van der Waals surface area contributed by atoms with Gasteiger partial charge in [-0.2, -0.15) is 5.26 Å². The van der Waals surface area contributed by atoms with Crippen LogP contribution in [0.2, 0.25) is 0 Å². The first-order valence-electron chi connectivity index (χ1n) is 8.52. The first-order valence-corrected chi connectivity index (χ1v) is 8.52. The van der Waals surface area contributed by atoms with Gasteiger partial charge in [0.1, 0.15) is 12.4 Å². The number of aromatic nitrogens is 1. The predicted octanol–water partition coefficient (Wildman–Crippen LogP) is 4.20. The van der Waals surface area contributed by atoms with E-state index in [2.05, 4.69) is 16.0 Å². The van der Waals surface area contributed by atoms with Crippen LogP contribution in [0.3, 0.4) is 0 Å². The molecule has 1 saturated heterocycles. The molecule has 0 aliphatic carbocycles. The van der Waals surface area contributed by atoms with E-state index in [0.29, 0.717) is 11.1 Å². The maximum Gasteiger partial charge on any atom is 0.150 e. The molecule has 0 amide bonds. The van der Waals surface area contributed by atoms with Crippen LogP contribution in [0.4, 0.5) is 5.69 Å². The highest BCUT2D eigenvalue weighted by Crippen LogP contribution is 2.28. The molecule has 0 saturated carbocycles. The molecule has 4 heteroatoms. The lowest BCUT2D eigenvalue weighted by Crippen LogP contribution is -2.27. The summed E-state index contributed by atoms with van der Waals surface area (Å²) in [5.41, 5.74) is 3.86. The minimum Gasteiger partial charge on any atom is -0.370 e. The van der Waals surface area contributed by atoms with Crippen molar-refractivity contribution in [1.82, 2.24) is 4.98 Å². The Morgan fingerprint density at radius 3 is 2.50 bits per heavy atom. The van der Waals surface area contributed by atoms with E-state index in [4.69, 9.17) is 0 Å². The van der Waals surface area contributed by atoms with Crippen molar-refractivity contribution >= 4 is 12.0 Å². The number of anilines is 1. The molecular formula is C20H21N3O. The van der Waals surface area contributed by atoms with E-state index >= 15 is 0 Å². The largest absolute Gasteiger partial charge is 0.370 e. The van der Waals surface area contributed by atoms with Crippen LogP contribution in [-0.4, -0.2) is 24.4 Å². The van der Waals surface area contributed by atoms with Crippen molar-refractivity contribution in [3.8, 4) is 17.3 Å². The van der Waals surface area contributed by atoms with Gasteiger partial charge in [-0.3, -0.25) is 9.78 Å². The highest BCUT2D eigenvalue weighted by Gasteiger charge is 2.14. The van der Waals surface area contributed by atoms with E-state index in [9.17, 15) is 10.1 Å². The van der Waals surface area contributed by atoms with Crippen LogP contribution in [0.5, 0.6) is 0 Å². The lowest BCUT2D eigenvalue weighted by molar-refractivity contribution is 0.112. The number of nitriles is 1. The van der Waals surface area contributed by atoms with Gasteiger partial charge in [0.05, 0.1) is 16.9 Å². The molecule has 2 heterocycles. The lowest BCUT2D eigenvalue weighted by Gasteiger charge is -2.27. The van der Waals surface area contributed by atoms with Gasteiger partial charge in [0, 0.05) is 30.4 Å². The van der Waals surface area contributed by atoms with Gasteiger partial charge >= 0.3 is 0 Å². The first kappa shape index (κ1) is 16.2. The van der Waals surface area contributed by atoms with Crippen molar-refractivity contribution in [3.05, 3.63) is 47.7 Å². The summed E-state index contributed by atoms with van der Waals surface area (Å²) in [5.74, 6) is 0. The van der Waals surface area contributed by atoms with E-state index in [-0.39, 0.29) is 0 Å². The van der Waals surface area contributed by atoms with E-state index < -0.39 is 0 Å². The van der Waals surface area contributed by atoms with E-state index in [0.717, 1.165) is 36.3 Å². The summed E-state index contributed by atoms with van der Waals surface area (Å²) in [6.45, 7) is 2.01. The highest BCUT2D eigenvalue weighted by atomic mass is 16.1. The molecule has 0 atom stereocenters. The molecule has 0 unspecified atom stereocenters. The van der Waals surface area contributed by atoms with Crippen LogP contribution in [0.15, 0.2) is 36.5 Å². The van der Waals surface area contributed by atoms with Gasteiger partial charge in [0.25, 0.3) is 0 Å². The maximum atomic E-state index is 10.9. The summed E-state index contributed by atoms with van der Waals surface area (Å²) in [5, 5.41) is 9.59. The number of aldehydes is 1. The number of hydrogen-bond acceptors (Lipinski definition) is 4. The summed E-state index contributed by atoms with van der Waals surface area (Å²) in [4.78, 5) is 17.6. The van der Waals surface area contributed by atoms with Gasteiger partial charge in [-0.15, -0.1) is 0 Å². The Balaban J connectivity index is 1.92. The first-order chi connectivity index (χ1) is 11.8. The number of carbonyl (C=O) groups is 1. The van der Waals surface area contributed by atoms with Gasteiger partial charge in [-0.1, -0.05) is 25.3 Å². The second-order valence-electron chi connectivity index (χ2n) is 6.19. The van der Waals surface area contributed by atoms with Gasteiger partial charge in [0.15, 0.2) is 0 Å². The molecule has 1 aromatic heterocycles. The third kappa shape index (κ3) is 3.62. The van der Waals surface area contributed by atoms with Crippen molar-refractivity contribution in [1.29, 1.82) is 5.26 Å². The van der Waals surface area contributed by atoms with E-state index in [1.807, 2.05) is 18.2 Å². The SMILES string of the molecule is N#Cc1cc(-c2cc(C=O)ccn2)ccc1N1CCCCCCC1. The van der Waals surface area contributed by atoms with Crippen LogP contribution in [0.25, 0.3) is 11.3 Å². The fraction of sp³-hybridized carbons (Fsp3) is 0.350. The van der Waals surface area contributed by atoms with E-state index in [1.165, 1.54) is 32.1 Å². The standard InChI is InChI=1S/C20H21N3O/c21-14-18-13-17(19-12-16(15-24)8-9-22-19)6-7-20(18)23-10-4-2-1-3-5-11-23/h6-9,12-13,15H,1-5,10-11H2. The van der Waals surface area contributed by atoms with Gasteiger partial charge in [0.2, 0.25) is 0 Å². The molecule has 0 radical (unpaired) electrons. The summed E-state index contributed by atoms with van der Waals surface area (Å²) < 4.78 is 0. The smallest absolute Gasteiger partial charge is 0.150 e. The molecule has 4 nitrogen and oxygen atoms in total. The molecule has 0 N–H and O–H groups in total. The lowest BCUT2D eigenvalue weighted by atomic mass is 10.0. The number of pyridine rings is 1. The summed E-state index contributed by atoms with van der Waals surface area (Å²) in [7, 11) is 0. The molecule has 1 aliphatic heterocycles. The van der Waals surface area contributed by atoms with Crippen LogP contribution in [0, 0.1) is 11.3 Å². The van der Waals surface area contributed by atoms with Gasteiger partial charge in [-0.05, 0) is 37.1 Å². The number of nitrogens with zero attached hydrogens (tertiary/aromatic N) is 3. The Bertz CT molecular complexity index is 756. The Morgan fingerprint density at radius 2 is 1.79 bits per heavy atom. The number of hydrogen-bond donors (Lipinski definition) is 0. The Hall–Kier alpha value is -2.67. The van der Waals surface area contributed by atoms with Crippen LogP contribution >= 0.6 is 0 Å². The fourth-order valence-corrected chi connectivity index (χ4v) is 3.23. The zero-order valence-electron chi connectivity index (χ0n) is 13.7. The van der Waals surface area contributed by atoms with Crippen LogP contribution in [-0.2, 0) is 0 Å². The van der Waals surface area contributed by atoms with Gasteiger partial charge in [-0.25, -0.2) is 0 Å². The Kier molecular flexibility index (Phi) is 5.22. The fourth-order valence-electron chi connectivity index (χ4n) is 3.23. The molecular weight excluding hydrogens is 298 g/mol. The molecule has 0 spiro atoms. The summed E-state index contributed by atoms with van der Waals surface area (Å²) in [6.07, 6.45) is 8.63. The quantitative estimate of drug-likeness (QED) is 0.795. The normalized spacial score (nSPS) is 15.2. The molecule has 24 heavy (non-hydrogen) atoms. The Morgan fingerprint density at radius 1 is 1.04 bits per heavy atom. The number of benzene rings is 1. The summed E-state index contributed by atoms with van der Waals surface area (Å²) in [6, 6.07) is 11.6. The minimum atomic E-state index is 0.589. The molecule has 1 aromatic carbocycles. The molecule has 0 bridgehead atoms. The molecule has 1 fully saturated rings. The third-order valence-corrected chi connectivity index (χ3v) is 4.53. The summed E-state index contributed by atoms with van der Waals surface area (Å²) >= 11 is 0. The topological polar surface area (TPSA) is 57.0 Å².